The lowest BCUT2D eigenvalue weighted by Crippen LogP contribution is -2.15. The molecule has 18 heavy (non-hydrogen) atoms. The molecular formula is C11H11F2N3O2. The quantitative estimate of drug-likeness (QED) is 0.855. The van der Waals surface area contributed by atoms with E-state index in [0.717, 1.165) is 0 Å². The first-order chi connectivity index (χ1) is 8.75. The van der Waals surface area contributed by atoms with Crippen molar-refractivity contribution < 1.29 is 18.0 Å². The maximum atomic E-state index is 12.2. The number of hydrogen-bond donors (Lipinski definition) is 1. The minimum Gasteiger partial charge on any atom is -0.434 e. The fraction of sp³-hybridized carbons (Fsp3) is 0.273. The van der Waals surface area contributed by atoms with Crippen molar-refractivity contribution in [2.24, 2.45) is 0 Å². The van der Waals surface area contributed by atoms with Crippen LogP contribution in [-0.2, 0) is 13.1 Å². The lowest BCUT2D eigenvalue weighted by molar-refractivity contribution is -0.0505. The summed E-state index contributed by atoms with van der Waals surface area (Å²) in [6.07, 6.45) is 1.23. The van der Waals surface area contributed by atoms with Crippen molar-refractivity contribution in [1.29, 1.82) is 0 Å². The summed E-state index contributed by atoms with van der Waals surface area (Å²) in [7, 11) is 0. The van der Waals surface area contributed by atoms with Gasteiger partial charge < -0.3 is 14.6 Å². The van der Waals surface area contributed by atoms with Gasteiger partial charge in [0.05, 0.1) is 6.54 Å². The molecule has 1 aromatic carbocycles. The molecule has 1 aromatic heterocycles. The molecule has 0 radical (unpaired) electrons. The highest BCUT2D eigenvalue weighted by Crippen LogP contribution is 2.19. The summed E-state index contributed by atoms with van der Waals surface area (Å²) < 4.78 is 33.3. The molecule has 0 bridgehead atoms. The van der Waals surface area contributed by atoms with E-state index in [1.165, 1.54) is 12.5 Å². The number of ether oxygens (including phenoxy) is 1. The lowest BCUT2D eigenvalue weighted by atomic mass is 10.2. The predicted octanol–water partition coefficient (Wildman–Crippen LogP) is 1.96. The smallest absolute Gasteiger partial charge is 0.387 e. The second-order valence-electron chi connectivity index (χ2n) is 3.44. The van der Waals surface area contributed by atoms with Gasteiger partial charge >= 0.3 is 6.61 Å². The Balaban J connectivity index is 1.92. The summed E-state index contributed by atoms with van der Waals surface area (Å²) in [6, 6.07) is 6.60. The maximum absolute atomic E-state index is 12.2. The summed E-state index contributed by atoms with van der Waals surface area (Å²) >= 11 is 0. The predicted molar refractivity (Wildman–Crippen MR) is 57.9 cm³/mol. The monoisotopic (exact) mass is 255 g/mol. The minimum absolute atomic E-state index is 0.160. The molecule has 2 rings (SSSR count). The van der Waals surface area contributed by atoms with E-state index in [1.54, 1.807) is 18.2 Å². The van der Waals surface area contributed by atoms with Crippen molar-refractivity contribution >= 4 is 0 Å². The Morgan fingerprint density at radius 2 is 2.11 bits per heavy atom. The van der Waals surface area contributed by atoms with Crippen LogP contribution in [0.25, 0.3) is 0 Å². The molecule has 5 nitrogen and oxygen atoms in total. The number of alkyl halides is 2. The van der Waals surface area contributed by atoms with Crippen LogP contribution < -0.4 is 10.1 Å². The zero-order valence-electron chi connectivity index (χ0n) is 9.35. The normalized spacial score (nSPS) is 10.8. The molecule has 0 aliphatic rings. The first kappa shape index (κ1) is 12.4. The number of nitrogens with one attached hydrogen (secondary N) is 1. The fourth-order valence-corrected chi connectivity index (χ4v) is 1.44. The molecule has 1 N–H and O–H groups in total. The highest BCUT2D eigenvalue weighted by atomic mass is 19.3. The van der Waals surface area contributed by atoms with Crippen LogP contribution >= 0.6 is 0 Å². The first-order valence-corrected chi connectivity index (χ1v) is 5.24. The second-order valence-corrected chi connectivity index (χ2v) is 3.44. The van der Waals surface area contributed by atoms with Crippen LogP contribution in [0.2, 0.25) is 0 Å². The third-order valence-electron chi connectivity index (χ3n) is 2.19. The van der Waals surface area contributed by atoms with Gasteiger partial charge in [-0.15, -0.1) is 0 Å². The molecule has 0 fully saturated rings. The zero-order valence-corrected chi connectivity index (χ0v) is 9.35. The number of benzene rings is 1. The Bertz CT molecular complexity index is 477. The summed E-state index contributed by atoms with van der Waals surface area (Å²) in [4.78, 5) is 3.83. The van der Waals surface area contributed by atoms with E-state index in [2.05, 4.69) is 24.7 Å². The fourth-order valence-electron chi connectivity index (χ4n) is 1.44. The highest BCUT2D eigenvalue weighted by Gasteiger charge is 2.08. The molecule has 7 heteroatoms. The largest absolute Gasteiger partial charge is 0.434 e. The van der Waals surface area contributed by atoms with E-state index >= 15 is 0 Å². The number of aromatic nitrogens is 2. The van der Waals surface area contributed by atoms with Gasteiger partial charge in [-0.3, -0.25) is 0 Å². The van der Waals surface area contributed by atoms with E-state index < -0.39 is 6.61 Å². The van der Waals surface area contributed by atoms with Crippen LogP contribution in [0.15, 0.2) is 35.2 Å². The number of rotatable bonds is 6. The minimum atomic E-state index is -2.83. The van der Waals surface area contributed by atoms with Gasteiger partial charge in [0.25, 0.3) is 0 Å². The Morgan fingerprint density at radius 3 is 2.83 bits per heavy atom. The Kier molecular flexibility index (Phi) is 4.19. The van der Waals surface area contributed by atoms with Crippen LogP contribution in [0.3, 0.4) is 0 Å². The van der Waals surface area contributed by atoms with Crippen LogP contribution in [-0.4, -0.2) is 16.8 Å². The average molecular weight is 255 g/mol. The van der Waals surface area contributed by atoms with Gasteiger partial charge in [0.2, 0.25) is 6.39 Å². The van der Waals surface area contributed by atoms with Crippen LogP contribution in [0.5, 0.6) is 5.75 Å². The Hall–Kier alpha value is -2.02. The van der Waals surface area contributed by atoms with Gasteiger partial charge in [0.15, 0.2) is 5.82 Å². The summed E-state index contributed by atoms with van der Waals surface area (Å²) in [5.41, 5.74) is 0.640. The van der Waals surface area contributed by atoms with Gasteiger partial charge in [-0.05, 0) is 6.07 Å². The summed E-state index contributed by atoms with van der Waals surface area (Å²) in [5.74, 6) is 0.662. The van der Waals surface area contributed by atoms with E-state index in [4.69, 9.17) is 0 Å². The molecule has 0 saturated carbocycles. The molecule has 0 atom stereocenters. The van der Waals surface area contributed by atoms with Crippen LogP contribution in [0.4, 0.5) is 8.78 Å². The SMILES string of the molecule is FC(F)Oc1ccccc1CNCc1ncon1. The average Bonchev–Trinajstić information content (AvgIpc) is 2.84. The van der Waals surface area contributed by atoms with E-state index in [9.17, 15) is 8.78 Å². The number of nitrogens with zero attached hydrogens (tertiary/aromatic N) is 2. The summed E-state index contributed by atoms with van der Waals surface area (Å²) in [6.45, 7) is -2.07. The first-order valence-electron chi connectivity index (χ1n) is 5.24. The van der Waals surface area contributed by atoms with Gasteiger partial charge in [0, 0.05) is 12.1 Å². The van der Waals surface area contributed by atoms with E-state index in [0.29, 0.717) is 24.5 Å². The highest BCUT2D eigenvalue weighted by molar-refractivity contribution is 5.33. The topological polar surface area (TPSA) is 60.2 Å². The van der Waals surface area contributed by atoms with Crippen molar-refractivity contribution in [3.63, 3.8) is 0 Å². The van der Waals surface area contributed by atoms with Crippen molar-refractivity contribution in [3.05, 3.63) is 42.0 Å². The standard InChI is InChI=1S/C11H11F2N3O2/c12-11(13)18-9-4-2-1-3-8(9)5-14-6-10-15-7-17-16-10/h1-4,7,11,14H,5-6H2. The third kappa shape index (κ3) is 3.49. The number of halogens is 2. The molecule has 96 valence electrons. The molecule has 0 unspecified atom stereocenters. The summed E-state index contributed by atoms with van der Waals surface area (Å²) in [5, 5.41) is 6.63. The third-order valence-corrected chi connectivity index (χ3v) is 2.19. The molecule has 0 aliphatic heterocycles. The van der Waals surface area contributed by atoms with Gasteiger partial charge in [-0.25, -0.2) is 0 Å². The molecule has 0 amide bonds. The molecule has 0 spiro atoms. The lowest BCUT2D eigenvalue weighted by Gasteiger charge is -2.10. The van der Waals surface area contributed by atoms with Crippen molar-refractivity contribution in [2.45, 2.75) is 19.7 Å². The number of para-hydroxylation sites is 1. The Morgan fingerprint density at radius 1 is 1.28 bits per heavy atom. The maximum Gasteiger partial charge on any atom is 0.387 e. The molecule has 2 aromatic rings. The molecule has 0 aliphatic carbocycles. The van der Waals surface area contributed by atoms with Crippen molar-refractivity contribution in [1.82, 2.24) is 15.5 Å². The van der Waals surface area contributed by atoms with Gasteiger partial charge in [-0.1, -0.05) is 23.4 Å². The molecule has 0 saturated heterocycles. The van der Waals surface area contributed by atoms with Crippen LogP contribution in [0, 0.1) is 0 Å². The Labute approximate surface area is 102 Å². The number of hydrogen-bond acceptors (Lipinski definition) is 5. The van der Waals surface area contributed by atoms with Gasteiger partial charge in [-0.2, -0.15) is 13.8 Å². The zero-order chi connectivity index (χ0) is 12.8. The van der Waals surface area contributed by atoms with Gasteiger partial charge in [0.1, 0.15) is 5.75 Å². The van der Waals surface area contributed by atoms with Crippen molar-refractivity contribution in [3.8, 4) is 5.75 Å². The molecular weight excluding hydrogens is 244 g/mol. The van der Waals surface area contributed by atoms with E-state index in [1.807, 2.05) is 0 Å². The molecule has 1 heterocycles. The second kappa shape index (κ2) is 6.06. The van der Waals surface area contributed by atoms with Crippen LogP contribution in [0.1, 0.15) is 11.4 Å². The van der Waals surface area contributed by atoms with E-state index in [-0.39, 0.29) is 5.75 Å². The van der Waals surface area contributed by atoms with Crippen molar-refractivity contribution in [2.75, 3.05) is 0 Å².